The number of fused-ring (bicyclic) bond motifs is 1. The first-order valence-electron chi connectivity index (χ1n) is 6.75. The van der Waals surface area contributed by atoms with E-state index in [2.05, 4.69) is 4.98 Å². The lowest BCUT2D eigenvalue weighted by molar-refractivity contribution is 0.282. The Morgan fingerprint density at radius 3 is 2.52 bits per heavy atom. The fourth-order valence-electron chi connectivity index (χ4n) is 2.33. The van der Waals surface area contributed by atoms with Gasteiger partial charge in [0.1, 0.15) is 17.2 Å². The Labute approximate surface area is 123 Å². The zero-order valence-electron chi connectivity index (χ0n) is 12.1. The third-order valence-electron chi connectivity index (χ3n) is 3.57. The van der Waals surface area contributed by atoms with Crippen LogP contribution >= 0.6 is 0 Å². The number of aliphatic hydroxyl groups is 1. The second kappa shape index (κ2) is 5.10. The molecule has 2 heterocycles. The summed E-state index contributed by atoms with van der Waals surface area (Å²) in [6.07, 6.45) is 1.83. The van der Waals surface area contributed by atoms with E-state index in [4.69, 9.17) is 5.73 Å². The van der Waals surface area contributed by atoms with Crippen molar-refractivity contribution in [1.82, 2.24) is 9.38 Å². The van der Waals surface area contributed by atoms with Crippen molar-refractivity contribution in [2.45, 2.75) is 6.61 Å². The molecule has 0 aliphatic carbocycles. The number of nitrogens with two attached hydrogens (primary N) is 1. The molecule has 3 N–H and O–H groups in total. The Bertz CT molecular complexity index is 775. The molecule has 0 amide bonds. The van der Waals surface area contributed by atoms with Crippen LogP contribution in [0.15, 0.2) is 42.6 Å². The topological polar surface area (TPSA) is 66.8 Å². The predicted octanol–water partition coefficient (Wildman–Crippen LogP) is 2.14. The molecule has 108 valence electrons. The molecule has 3 aromatic rings. The Kier molecular flexibility index (Phi) is 3.27. The Morgan fingerprint density at radius 1 is 1.19 bits per heavy atom. The van der Waals surface area contributed by atoms with E-state index in [1.807, 2.05) is 66.0 Å². The van der Waals surface area contributed by atoms with Crippen LogP contribution in [-0.4, -0.2) is 28.6 Å². The van der Waals surface area contributed by atoms with Crippen molar-refractivity contribution in [3.8, 4) is 11.3 Å². The summed E-state index contributed by atoms with van der Waals surface area (Å²) in [7, 11) is 4.01. The predicted molar refractivity (Wildman–Crippen MR) is 85.3 cm³/mol. The third-order valence-corrected chi connectivity index (χ3v) is 3.57. The lowest BCUT2D eigenvalue weighted by Gasteiger charge is -2.12. The number of hydrogen-bond donors (Lipinski definition) is 2. The summed E-state index contributed by atoms with van der Waals surface area (Å²) in [6, 6.07) is 11.8. The lowest BCUT2D eigenvalue weighted by atomic mass is 10.1. The summed E-state index contributed by atoms with van der Waals surface area (Å²) in [5.41, 5.74) is 10.6. The molecule has 0 saturated heterocycles. The number of aromatic nitrogens is 2. The van der Waals surface area contributed by atoms with Gasteiger partial charge in [0.2, 0.25) is 0 Å². The Morgan fingerprint density at radius 2 is 1.90 bits per heavy atom. The number of anilines is 2. The average molecular weight is 282 g/mol. The molecular weight excluding hydrogens is 264 g/mol. The van der Waals surface area contributed by atoms with Crippen molar-refractivity contribution in [1.29, 1.82) is 0 Å². The van der Waals surface area contributed by atoms with E-state index in [9.17, 15) is 5.11 Å². The molecule has 0 aliphatic rings. The third kappa shape index (κ3) is 2.32. The van der Waals surface area contributed by atoms with Gasteiger partial charge in [-0.2, -0.15) is 0 Å². The number of hydrogen-bond acceptors (Lipinski definition) is 4. The normalized spacial score (nSPS) is 11.0. The Balaban J connectivity index is 2.09. The van der Waals surface area contributed by atoms with Gasteiger partial charge in [-0.15, -0.1) is 0 Å². The molecule has 0 unspecified atom stereocenters. The van der Waals surface area contributed by atoms with Gasteiger partial charge in [-0.1, -0.05) is 12.1 Å². The largest absolute Gasteiger partial charge is 0.392 e. The molecule has 0 aliphatic heterocycles. The number of imidazole rings is 1. The molecule has 1 aromatic carbocycles. The van der Waals surface area contributed by atoms with Crippen LogP contribution in [0, 0.1) is 0 Å². The van der Waals surface area contributed by atoms with E-state index in [-0.39, 0.29) is 6.61 Å². The van der Waals surface area contributed by atoms with Gasteiger partial charge in [-0.25, -0.2) is 4.98 Å². The maximum atomic E-state index is 9.20. The van der Waals surface area contributed by atoms with Crippen LogP contribution in [0.3, 0.4) is 0 Å². The molecule has 21 heavy (non-hydrogen) atoms. The van der Waals surface area contributed by atoms with Gasteiger partial charge in [0.15, 0.2) is 0 Å². The van der Waals surface area contributed by atoms with Crippen LogP contribution in [0.25, 0.3) is 16.9 Å². The molecule has 0 bridgehead atoms. The highest BCUT2D eigenvalue weighted by molar-refractivity contribution is 5.76. The minimum atomic E-state index is -0.00384. The first-order valence-corrected chi connectivity index (χ1v) is 6.75. The molecule has 0 spiro atoms. The first-order chi connectivity index (χ1) is 10.1. The summed E-state index contributed by atoms with van der Waals surface area (Å²) in [5.74, 6) is 0.604. The van der Waals surface area contributed by atoms with E-state index in [0.717, 1.165) is 28.2 Å². The minimum absolute atomic E-state index is 0.00384. The maximum absolute atomic E-state index is 9.20. The van der Waals surface area contributed by atoms with Gasteiger partial charge in [0, 0.05) is 31.5 Å². The minimum Gasteiger partial charge on any atom is -0.392 e. The zero-order valence-corrected chi connectivity index (χ0v) is 12.1. The number of aliphatic hydroxyl groups excluding tert-OH is 1. The molecule has 0 fully saturated rings. The fraction of sp³-hybridized carbons (Fsp3) is 0.188. The molecule has 5 nitrogen and oxygen atoms in total. The SMILES string of the molecule is CN(C)c1ccc(-c2nc3cc(CO)ccn3c2N)cc1. The van der Waals surface area contributed by atoms with Crippen molar-refractivity contribution in [3.05, 3.63) is 48.2 Å². The summed E-state index contributed by atoms with van der Waals surface area (Å²) in [5, 5.41) is 9.20. The van der Waals surface area contributed by atoms with Crippen molar-refractivity contribution >= 4 is 17.2 Å². The van der Waals surface area contributed by atoms with Crippen LogP contribution in [0.1, 0.15) is 5.56 Å². The average Bonchev–Trinajstić information content (AvgIpc) is 2.83. The van der Waals surface area contributed by atoms with Crippen LogP contribution in [0.2, 0.25) is 0 Å². The maximum Gasteiger partial charge on any atom is 0.139 e. The van der Waals surface area contributed by atoms with Crippen molar-refractivity contribution in [2.75, 3.05) is 24.7 Å². The molecule has 0 atom stereocenters. The first kappa shape index (κ1) is 13.5. The molecule has 3 rings (SSSR count). The number of benzene rings is 1. The van der Waals surface area contributed by atoms with Gasteiger partial charge in [-0.3, -0.25) is 4.40 Å². The second-order valence-electron chi connectivity index (χ2n) is 5.21. The van der Waals surface area contributed by atoms with E-state index >= 15 is 0 Å². The van der Waals surface area contributed by atoms with Gasteiger partial charge in [0.05, 0.1) is 6.61 Å². The molecular formula is C16H18N4O. The highest BCUT2D eigenvalue weighted by Crippen LogP contribution is 2.28. The van der Waals surface area contributed by atoms with Gasteiger partial charge >= 0.3 is 0 Å². The second-order valence-corrected chi connectivity index (χ2v) is 5.21. The highest BCUT2D eigenvalue weighted by Gasteiger charge is 2.11. The molecule has 0 radical (unpaired) electrons. The van der Waals surface area contributed by atoms with E-state index in [1.165, 1.54) is 0 Å². The van der Waals surface area contributed by atoms with E-state index in [0.29, 0.717) is 5.82 Å². The van der Waals surface area contributed by atoms with E-state index < -0.39 is 0 Å². The molecule has 2 aromatic heterocycles. The molecule has 5 heteroatoms. The summed E-state index contributed by atoms with van der Waals surface area (Å²) < 4.78 is 1.83. The fourth-order valence-corrected chi connectivity index (χ4v) is 2.33. The standard InChI is InChI=1S/C16H18N4O/c1-19(2)13-5-3-12(4-6-13)15-16(17)20-8-7-11(10-21)9-14(20)18-15/h3-9,21H,10,17H2,1-2H3. The number of nitrogen functional groups attached to an aromatic ring is 1. The van der Waals surface area contributed by atoms with Crippen LogP contribution < -0.4 is 10.6 Å². The van der Waals surface area contributed by atoms with Crippen LogP contribution in [-0.2, 0) is 6.61 Å². The Hall–Kier alpha value is -2.53. The zero-order chi connectivity index (χ0) is 15.0. The number of rotatable bonds is 3. The van der Waals surface area contributed by atoms with Crippen LogP contribution in [0.4, 0.5) is 11.5 Å². The van der Waals surface area contributed by atoms with Crippen molar-refractivity contribution < 1.29 is 5.11 Å². The smallest absolute Gasteiger partial charge is 0.139 e. The van der Waals surface area contributed by atoms with Crippen molar-refractivity contribution in [3.63, 3.8) is 0 Å². The quantitative estimate of drug-likeness (QED) is 0.772. The van der Waals surface area contributed by atoms with Gasteiger partial charge in [-0.05, 0) is 29.8 Å². The lowest BCUT2D eigenvalue weighted by Crippen LogP contribution is -2.07. The van der Waals surface area contributed by atoms with Gasteiger partial charge in [0.25, 0.3) is 0 Å². The van der Waals surface area contributed by atoms with E-state index in [1.54, 1.807) is 0 Å². The van der Waals surface area contributed by atoms with Gasteiger partial charge < -0.3 is 15.7 Å². The van der Waals surface area contributed by atoms with Crippen molar-refractivity contribution in [2.24, 2.45) is 0 Å². The monoisotopic (exact) mass is 282 g/mol. The highest BCUT2D eigenvalue weighted by atomic mass is 16.3. The number of pyridine rings is 1. The summed E-state index contributed by atoms with van der Waals surface area (Å²) in [6.45, 7) is -0.00384. The van der Waals surface area contributed by atoms with Crippen LogP contribution in [0.5, 0.6) is 0 Å². The number of nitrogens with zero attached hydrogens (tertiary/aromatic N) is 3. The summed E-state index contributed by atoms with van der Waals surface area (Å²) >= 11 is 0. The summed E-state index contributed by atoms with van der Waals surface area (Å²) in [4.78, 5) is 6.62. The molecule has 0 saturated carbocycles.